The second-order valence-electron chi connectivity index (χ2n) is 9.25. The second kappa shape index (κ2) is 8.56. The predicted octanol–water partition coefficient (Wildman–Crippen LogP) is 5.29. The van der Waals surface area contributed by atoms with Crippen molar-refractivity contribution in [3.05, 3.63) is 58.9 Å². The van der Waals surface area contributed by atoms with Gasteiger partial charge in [0.05, 0.1) is 18.8 Å². The van der Waals surface area contributed by atoms with Crippen molar-refractivity contribution >= 4 is 0 Å². The van der Waals surface area contributed by atoms with Crippen LogP contribution in [-0.2, 0) is 17.8 Å². The van der Waals surface area contributed by atoms with Crippen LogP contribution >= 0.6 is 0 Å². The molecule has 0 spiro atoms. The number of halogens is 1. The van der Waals surface area contributed by atoms with E-state index in [4.69, 9.17) is 14.2 Å². The average molecular weight is 414 g/mol. The number of ether oxygens (including phenoxy) is 3. The molecule has 0 saturated carbocycles. The Morgan fingerprint density at radius 1 is 1.13 bits per heavy atom. The lowest BCUT2D eigenvalue weighted by atomic mass is 9.85. The fourth-order valence-electron chi connectivity index (χ4n) is 4.69. The zero-order chi connectivity index (χ0) is 21.3. The molecule has 1 fully saturated rings. The first kappa shape index (κ1) is 21.1. The summed E-state index contributed by atoms with van der Waals surface area (Å²) in [6.07, 6.45) is 2.84. The van der Waals surface area contributed by atoms with Gasteiger partial charge < -0.3 is 14.2 Å². The van der Waals surface area contributed by atoms with Gasteiger partial charge in [0, 0.05) is 19.1 Å². The molecule has 1 saturated heterocycles. The van der Waals surface area contributed by atoms with Crippen molar-refractivity contribution in [1.82, 2.24) is 4.90 Å². The summed E-state index contributed by atoms with van der Waals surface area (Å²) in [5.74, 6) is 0.420. The summed E-state index contributed by atoms with van der Waals surface area (Å²) in [5.41, 5.74) is 2.66. The molecular formula is C25H32FNO3. The van der Waals surface area contributed by atoms with Gasteiger partial charge in [-0.2, -0.15) is 0 Å². The number of methoxy groups -OCH3 is 1. The van der Waals surface area contributed by atoms with Gasteiger partial charge in [-0.1, -0.05) is 30.3 Å². The topological polar surface area (TPSA) is 30.9 Å². The zero-order valence-electron chi connectivity index (χ0n) is 18.4. The number of hydrogen-bond donors (Lipinski definition) is 0. The lowest BCUT2D eigenvalue weighted by Gasteiger charge is -2.45. The van der Waals surface area contributed by atoms with Crippen LogP contribution < -0.4 is 9.47 Å². The number of piperidine rings is 1. The first-order chi connectivity index (χ1) is 14.4. The molecule has 4 nitrogen and oxygen atoms in total. The molecular weight excluding hydrogens is 381 g/mol. The molecule has 0 aromatic heterocycles. The van der Waals surface area contributed by atoms with Gasteiger partial charge in [0.25, 0.3) is 0 Å². The van der Waals surface area contributed by atoms with Crippen LogP contribution in [0.2, 0.25) is 0 Å². The number of benzene rings is 2. The molecule has 5 heteroatoms. The first-order valence-electron chi connectivity index (χ1n) is 10.8. The van der Waals surface area contributed by atoms with Crippen LogP contribution in [0, 0.1) is 5.82 Å². The van der Waals surface area contributed by atoms with Crippen LogP contribution in [0.25, 0.3) is 0 Å². The fourth-order valence-corrected chi connectivity index (χ4v) is 4.69. The van der Waals surface area contributed by atoms with Crippen molar-refractivity contribution < 1.29 is 18.6 Å². The molecule has 2 atom stereocenters. The van der Waals surface area contributed by atoms with E-state index in [1.54, 1.807) is 7.11 Å². The van der Waals surface area contributed by atoms with E-state index in [2.05, 4.69) is 25.7 Å². The first-order valence-corrected chi connectivity index (χ1v) is 10.8. The molecule has 2 heterocycles. The third-order valence-electron chi connectivity index (χ3n) is 5.94. The van der Waals surface area contributed by atoms with Gasteiger partial charge in [-0.05, 0) is 62.8 Å². The van der Waals surface area contributed by atoms with E-state index in [9.17, 15) is 0 Å². The molecule has 2 aliphatic rings. The van der Waals surface area contributed by atoms with Gasteiger partial charge in [-0.15, -0.1) is 0 Å². The van der Waals surface area contributed by atoms with Crippen LogP contribution in [0.15, 0.2) is 36.4 Å². The Labute approximate surface area is 178 Å². The molecule has 0 aliphatic carbocycles. The van der Waals surface area contributed by atoms with Crippen LogP contribution in [0.3, 0.4) is 0 Å². The van der Waals surface area contributed by atoms with Crippen LogP contribution in [0.5, 0.6) is 11.5 Å². The predicted molar refractivity (Wildman–Crippen MR) is 116 cm³/mol. The van der Waals surface area contributed by atoms with Gasteiger partial charge in [0.2, 0.25) is 0 Å². The highest BCUT2D eigenvalue weighted by Crippen LogP contribution is 2.44. The molecule has 0 amide bonds. The minimum absolute atomic E-state index is 0.147. The lowest BCUT2D eigenvalue weighted by molar-refractivity contribution is -0.0972. The Kier molecular flexibility index (Phi) is 6.03. The van der Waals surface area contributed by atoms with E-state index in [1.807, 2.05) is 36.4 Å². The Morgan fingerprint density at radius 3 is 2.60 bits per heavy atom. The maximum atomic E-state index is 15.5. The molecule has 2 aromatic carbocycles. The Hall–Kier alpha value is -2.11. The largest absolute Gasteiger partial charge is 0.493 e. The molecule has 30 heavy (non-hydrogen) atoms. The Morgan fingerprint density at radius 2 is 1.90 bits per heavy atom. The van der Waals surface area contributed by atoms with Crippen LogP contribution in [0.4, 0.5) is 4.39 Å². The highest BCUT2D eigenvalue weighted by atomic mass is 19.1. The molecule has 4 rings (SSSR count). The summed E-state index contributed by atoms with van der Waals surface area (Å²) in [6.45, 7) is 8.33. The van der Waals surface area contributed by atoms with E-state index in [0.717, 1.165) is 42.6 Å². The quantitative estimate of drug-likeness (QED) is 0.666. The number of nitrogens with zero attached hydrogens (tertiary/aromatic N) is 1. The van der Waals surface area contributed by atoms with Crippen molar-refractivity contribution in [2.45, 2.75) is 64.4 Å². The van der Waals surface area contributed by atoms with Crippen molar-refractivity contribution in [1.29, 1.82) is 0 Å². The highest BCUT2D eigenvalue weighted by Gasteiger charge is 2.37. The van der Waals surface area contributed by atoms with Crippen LogP contribution in [0.1, 0.15) is 56.3 Å². The molecule has 162 valence electrons. The second-order valence-corrected chi connectivity index (χ2v) is 9.25. The summed E-state index contributed by atoms with van der Waals surface area (Å²) in [7, 11) is 1.57. The molecule has 2 unspecified atom stereocenters. The van der Waals surface area contributed by atoms with Gasteiger partial charge in [-0.3, -0.25) is 4.90 Å². The molecule has 0 radical (unpaired) electrons. The van der Waals surface area contributed by atoms with E-state index >= 15 is 4.39 Å². The summed E-state index contributed by atoms with van der Waals surface area (Å²) in [4.78, 5) is 2.44. The van der Waals surface area contributed by atoms with Crippen molar-refractivity contribution in [2.75, 3.05) is 20.2 Å². The number of fused-ring (bicyclic) bond motifs is 3. The summed E-state index contributed by atoms with van der Waals surface area (Å²) < 4.78 is 33.2. The molecule has 2 aliphatic heterocycles. The maximum absolute atomic E-state index is 15.5. The standard InChI is InChI=1S/C25H32FNO3/c1-25(2,3)30-18-10-11-21-20-14-22(28-4)24(29-16-17-8-6-5-7-9-17)23(26)19(20)12-13-27(21)15-18/h5-9,14,18,21H,10-13,15-16H2,1-4H3. The average Bonchev–Trinajstić information content (AvgIpc) is 2.72. The third kappa shape index (κ3) is 4.47. The minimum atomic E-state index is -0.270. The van der Waals surface area contributed by atoms with E-state index in [0.29, 0.717) is 18.8 Å². The van der Waals surface area contributed by atoms with Gasteiger partial charge in [0.1, 0.15) is 6.61 Å². The maximum Gasteiger partial charge on any atom is 0.197 e. The molecule has 0 bridgehead atoms. The lowest BCUT2D eigenvalue weighted by Crippen LogP contribution is -2.47. The van der Waals surface area contributed by atoms with Crippen molar-refractivity contribution in [3.63, 3.8) is 0 Å². The minimum Gasteiger partial charge on any atom is -0.493 e. The van der Waals surface area contributed by atoms with E-state index in [-0.39, 0.29) is 29.3 Å². The Bertz CT molecular complexity index is 878. The molecule has 2 aromatic rings. The van der Waals surface area contributed by atoms with Crippen molar-refractivity contribution in [3.8, 4) is 11.5 Å². The summed E-state index contributed by atoms with van der Waals surface area (Å²) >= 11 is 0. The third-order valence-corrected chi connectivity index (χ3v) is 5.94. The van der Waals surface area contributed by atoms with Crippen LogP contribution in [-0.4, -0.2) is 36.8 Å². The Balaban J connectivity index is 1.56. The van der Waals surface area contributed by atoms with Gasteiger partial charge >= 0.3 is 0 Å². The number of rotatable bonds is 5. The summed E-state index contributed by atoms with van der Waals surface area (Å²) in [5, 5.41) is 0. The van der Waals surface area contributed by atoms with E-state index < -0.39 is 0 Å². The fraction of sp³-hybridized carbons (Fsp3) is 0.520. The smallest absolute Gasteiger partial charge is 0.197 e. The monoisotopic (exact) mass is 413 g/mol. The number of hydrogen-bond acceptors (Lipinski definition) is 4. The SMILES string of the molecule is COc1cc2c(c(F)c1OCc1ccccc1)CCN1CC(OC(C)(C)C)CCC21. The molecule has 0 N–H and O–H groups in total. The van der Waals surface area contributed by atoms with E-state index in [1.165, 1.54) is 0 Å². The van der Waals surface area contributed by atoms with Crippen molar-refractivity contribution in [2.24, 2.45) is 0 Å². The normalized spacial score (nSPS) is 21.6. The zero-order valence-corrected chi connectivity index (χ0v) is 18.4. The van der Waals surface area contributed by atoms with Gasteiger partial charge in [0.15, 0.2) is 17.3 Å². The summed E-state index contributed by atoms with van der Waals surface area (Å²) in [6, 6.07) is 12.0. The highest BCUT2D eigenvalue weighted by molar-refractivity contribution is 5.51. The van der Waals surface area contributed by atoms with Gasteiger partial charge in [-0.25, -0.2) is 4.39 Å².